The first kappa shape index (κ1) is 17.7. The van der Waals surface area contributed by atoms with E-state index in [0.717, 1.165) is 11.4 Å². The second-order valence-electron chi connectivity index (χ2n) is 5.91. The first-order valence-corrected chi connectivity index (χ1v) is 8.47. The lowest BCUT2D eigenvalue weighted by Gasteiger charge is -2.23. The van der Waals surface area contributed by atoms with Gasteiger partial charge in [-0.05, 0) is 17.2 Å². The van der Waals surface area contributed by atoms with Crippen LogP contribution in [0.3, 0.4) is 0 Å². The van der Waals surface area contributed by atoms with Crippen LogP contribution in [0.1, 0.15) is 0 Å². The molecule has 2 aliphatic heterocycles. The number of guanidine groups is 1. The SMILES string of the molecule is COc1ccc([N+]23C=CN=CC2=NC(Nc2ccc(OC)c(OC)c2)=N3)cn1. The van der Waals surface area contributed by atoms with Crippen molar-refractivity contribution in [1.82, 2.24) is 9.58 Å². The Morgan fingerprint density at radius 3 is 2.54 bits per heavy atom. The fourth-order valence-electron chi connectivity index (χ4n) is 2.95. The molecule has 1 atom stereocenters. The predicted molar refractivity (Wildman–Crippen MR) is 108 cm³/mol. The van der Waals surface area contributed by atoms with Crippen molar-refractivity contribution in [3.8, 4) is 17.4 Å². The van der Waals surface area contributed by atoms with Gasteiger partial charge < -0.3 is 19.5 Å². The molecule has 0 bridgehead atoms. The average molecular weight is 379 g/mol. The Kier molecular flexibility index (Phi) is 4.50. The number of rotatable bonds is 5. The van der Waals surface area contributed by atoms with Crippen molar-refractivity contribution >= 4 is 29.4 Å². The Bertz CT molecular complexity index is 1010. The standard InChI is InChI=1S/C19H19N6O3/c1-26-15-6-4-13(10-16(15)27-2)22-19-23-17-12-20-8-9-25(17,24-19)14-5-7-18(28-3)21-11-14/h4-12H,1-3H3,(H,22,24)/q+1. The minimum atomic E-state index is 0.0378. The van der Waals surface area contributed by atoms with Gasteiger partial charge >= 0.3 is 0 Å². The molecule has 0 spiro atoms. The Balaban J connectivity index is 1.68. The number of aliphatic imine (C=N–C) groups is 2. The zero-order chi connectivity index (χ0) is 19.6. The summed E-state index contributed by atoms with van der Waals surface area (Å²) >= 11 is 0. The molecule has 1 unspecified atom stereocenters. The number of pyridine rings is 1. The van der Waals surface area contributed by atoms with Gasteiger partial charge in [-0.3, -0.25) is 4.99 Å². The zero-order valence-electron chi connectivity index (χ0n) is 15.7. The van der Waals surface area contributed by atoms with E-state index in [2.05, 4.69) is 20.3 Å². The van der Waals surface area contributed by atoms with E-state index in [0.29, 0.717) is 29.2 Å². The van der Waals surface area contributed by atoms with E-state index in [4.69, 9.17) is 19.3 Å². The van der Waals surface area contributed by atoms with Gasteiger partial charge in [0, 0.05) is 23.9 Å². The fraction of sp³-hybridized carbons (Fsp3) is 0.158. The number of aromatic nitrogens is 1. The van der Waals surface area contributed by atoms with Crippen LogP contribution < -0.4 is 24.1 Å². The summed E-state index contributed by atoms with van der Waals surface area (Å²) < 4.78 is 15.8. The number of quaternary nitrogens is 1. The molecule has 9 heteroatoms. The molecular weight excluding hydrogens is 360 g/mol. The highest BCUT2D eigenvalue weighted by atomic mass is 16.5. The third kappa shape index (κ3) is 2.97. The van der Waals surface area contributed by atoms with E-state index < -0.39 is 0 Å². The number of nitrogens with one attached hydrogen (secondary N) is 1. The van der Waals surface area contributed by atoms with Gasteiger partial charge in [0.25, 0.3) is 11.8 Å². The zero-order valence-corrected chi connectivity index (χ0v) is 15.7. The lowest BCUT2D eigenvalue weighted by Crippen LogP contribution is -2.44. The molecule has 142 valence electrons. The molecule has 0 amide bonds. The highest BCUT2D eigenvalue weighted by molar-refractivity contribution is 6.38. The van der Waals surface area contributed by atoms with Crippen LogP contribution in [0.4, 0.5) is 11.4 Å². The quantitative estimate of drug-likeness (QED) is 0.807. The van der Waals surface area contributed by atoms with Crippen molar-refractivity contribution in [3.63, 3.8) is 0 Å². The third-order valence-electron chi connectivity index (χ3n) is 4.34. The van der Waals surface area contributed by atoms with Crippen molar-refractivity contribution in [2.75, 3.05) is 26.6 Å². The highest BCUT2D eigenvalue weighted by Gasteiger charge is 2.43. The summed E-state index contributed by atoms with van der Waals surface area (Å²) in [5.74, 6) is 2.88. The number of methoxy groups -OCH3 is 3. The van der Waals surface area contributed by atoms with Crippen LogP contribution in [0.5, 0.6) is 17.4 Å². The Hall–Kier alpha value is -3.72. The molecule has 0 saturated heterocycles. The van der Waals surface area contributed by atoms with Gasteiger partial charge in [-0.25, -0.2) is 4.98 Å². The maximum absolute atomic E-state index is 5.35. The number of ether oxygens (including phenoxy) is 3. The minimum Gasteiger partial charge on any atom is -0.493 e. The molecule has 28 heavy (non-hydrogen) atoms. The second-order valence-corrected chi connectivity index (χ2v) is 5.91. The molecule has 3 heterocycles. The van der Waals surface area contributed by atoms with E-state index in [9.17, 15) is 0 Å². The normalized spacial score (nSPS) is 19.5. The molecule has 0 fully saturated rings. The van der Waals surface area contributed by atoms with Crippen molar-refractivity contribution < 1.29 is 14.2 Å². The predicted octanol–water partition coefficient (Wildman–Crippen LogP) is 2.77. The Morgan fingerprint density at radius 2 is 1.82 bits per heavy atom. The number of nitrogens with zero attached hydrogens (tertiary/aromatic N) is 5. The van der Waals surface area contributed by atoms with E-state index in [1.165, 1.54) is 0 Å². The molecule has 4 rings (SSSR count). The molecule has 1 N–H and O–H groups in total. The molecule has 0 saturated carbocycles. The van der Waals surface area contributed by atoms with Crippen molar-refractivity contribution in [2.45, 2.75) is 0 Å². The summed E-state index contributed by atoms with van der Waals surface area (Å²) in [4.78, 5) is 13.1. The van der Waals surface area contributed by atoms with E-state index in [-0.39, 0.29) is 4.59 Å². The topological polar surface area (TPSA) is 89.7 Å². The number of hydrogen-bond acceptors (Lipinski definition) is 8. The van der Waals surface area contributed by atoms with Crippen LogP contribution in [-0.2, 0) is 0 Å². The van der Waals surface area contributed by atoms with Gasteiger partial charge in [0.05, 0.1) is 33.7 Å². The Labute approximate surface area is 161 Å². The van der Waals surface area contributed by atoms with Crippen LogP contribution in [0.25, 0.3) is 0 Å². The van der Waals surface area contributed by atoms with Crippen molar-refractivity contribution in [1.29, 1.82) is 0 Å². The number of hydrogen-bond donors (Lipinski definition) is 1. The summed E-state index contributed by atoms with van der Waals surface area (Å²) in [5, 5.41) is 7.98. The lowest BCUT2D eigenvalue weighted by atomic mass is 10.3. The molecule has 2 aromatic rings. The largest absolute Gasteiger partial charge is 0.493 e. The van der Waals surface area contributed by atoms with Gasteiger partial charge in [0.2, 0.25) is 5.88 Å². The van der Waals surface area contributed by atoms with E-state index in [1.54, 1.807) is 46.0 Å². The molecule has 9 nitrogen and oxygen atoms in total. The summed E-state index contributed by atoms with van der Waals surface area (Å²) in [6.07, 6.45) is 6.91. The van der Waals surface area contributed by atoms with E-state index >= 15 is 0 Å². The fourth-order valence-corrected chi connectivity index (χ4v) is 2.95. The van der Waals surface area contributed by atoms with Crippen LogP contribution >= 0.6 is 0 Å². The van der Waals surface area contributed by atoms with E-state index in [1.807, 2.05) is 30.5 Å². The molecule has 0 aliphatic carbocycles. The molecule has 0 radical (unpaired) electrons. The smallest absolute Gasteiger partial charge is 0.287 e. The second kappa shape index (κ2) is 7.12. The number of amidine groups is 1. The molecule has 2 aliphatic rings. The Morgan fingerprint density at radius 1 is 0.964 bits per heavy atom. The summed E-state index contributed by atoms with van der Waals surface area (Å²) in [7, 11) is 4.76. The van der Waals surface area contributed by atoms with Crippen LogP contribution in [0, 0.1) is 0 Å². The first-order valence-electron chi connectivity index (χ1n) is 8.47. The third-order valence-corrected chi connectivity index (χ3v) is 4.34. The van der Waals surface area contributed by atoms with Crippen LogP contribution in [-0.4, -0.2) is 44.3 Å². The first-order chi connectivity index (χ1) is 13.7. The van der Waals surface area contributed by atoms with Gasteiger partial charge in [0.15, 0.2) is 23.4 Å². The number of fused-ring (bicyclic) bond motifs is 1. The summed E-state index contributed by atoms with van der Waals surface area (Å²) in [5.41, 5.74) is 1.58. The maximum atomic E-state index is 5.35. The minimum absolute atomic E-state index is 0.0378. The molecule has 1 aromatic heterocycles. The van der Waals surface area contributed by atoms with Crippen molar-refractivity contribution in [3.05, 3.63) is 48.9 Å². The maximum Gasteiger partial charge on any atom is 0.287 e. The summed E-state index contributed by atoms with van der Waals surface area (Å²) in [6.45, 7) is 0. The van der Waals surface area contributed by atoms with Gasteiger partial charge in [-0.1, -0.05) is 4.59 Å². The summed E-state index contributed by atoms with van der Waals surface area (Å²) in [6, 6.07) is 9.19. The average Bonchev–Trinajstić information content (AvgIpc) is 3.12. The van der Waals surface area contributed by atoms with Crippen LogP contribution in [0.2, 0.25) is 0 Å². The monoisotopic (exact) mass is 379 g/mol. The number of benzene rings is 1. The number of anilines is 1. The molecular formula is C19H19N6O3+. The van der Waals surface area contributed by atoms with Gasteiger partial charge in [-0.15, -0.1) is 0 Å². The lowest BCUT2D eigenvalue weighted by molar-refractivity contribution is 0.355. The van der Waals surface area contributed by atoms with Gasteiger partial charge in [-0.2, -0.15) is 4.99 Å². The van der Waals surface area contributed by atoms with Crippen LogP contribution in [0.15, 0.2) is 64.0 Å². The molecule has 1 aromatic carbocycles. The highest BCUT2D eigenvalue weighted by Crippen LogP contribution is 2.33. The van der Waals surface area contributed by atoms with Crippen molar-refractivity contribution in [2.24, 2.45) is 15.1 Å². The van der Waals surface area contributed by atoms with Gasteiger partial charge in [0.1, 0.15) is 6.21 Å².